The molecule has 0 N–H and O–H groups in total. The number of hydrogen-bond acceptors (Lipinski definition) is 5. The molecule has 0 unspecified atom stereocenters. The van der Waals surface area contributed by atoms with E-state index in [1.807, 2.05) is 17.0 Å². The molecule has 2 aromatic heterocycles. The Morgan fingerprint density at radius 1 is 1.31 bits per heavy atom. The Morgan fingerprint density at radius 2 is 2.15 bits per heavy atom. The highest BCUT2D eigenvalue weighted by Crippen LogP contribution is 2.31. The maximum Gasteiger partial charge on any atom is 0.274 e. The number of hydrogen-bond donors (Lipinski definition) is 0. The summed E-state index contributed by atoms with van der Waals surface area (Å²) in [6.45, 7) is 3.44. The van der Waals surface area contributed by atoms with Gasteiger partial charge in [-0.25, -0.2) is 4.98 Å². The van der Waals surface area contributed by atoms with E-state index in [0.717, 1.165) is 33.8 Å². The van der Waals surface area contributed by atoms with Gasteiger partial charge in [-0.3, -0.25) is 4.79 Å². The monoisotopic (exact) mass is 368 g/mol. The Bertz CT molecular complexity index is 922. The van der Waals surface area contributed by atoms with Crippen molar-refractivity contribution in [3.8, 4) is 5.19 Å². The lowest BCUT2D eigenvalue weighted by molar-refractivity contribution is -0.127. The van der Waals surface area contributed by atoms with Crippen molar-refractivity contribution in [3.63, 3.8) is 0 Å². The minimum atomic E-state index is 0.00969. The lowest BCUT2D eigenvalue weighted by Crippen LogP contribution is -2.41. The van der Waals surface area contributed by atoms with Gasteiger partial charge in [0.2, 0.25) is 5.91 Å². The molecular weight excluding hydrogens is 348 g/mol. The number of likely N-dealkylation sites (tertiary alicyclic amines) is 1. The number of aromatic nitrogens is 1. The summed E-state index contributed by atoms with van der Waals surface area (Å²) in [6.07, 6.45) is 6.60. The van der Waals surface area contributed by atoms with Gasteiger partial charge in [0.1, 0.15) is 11.9 Å². The number of para-hydroxylation sites is 1. The third-order valence-electron chi connectivity index (χ3n) is 4.56. The first-order valence-electron chi connectivity index (χ1n) is 8.72. The van der Waals surface area contributed by atoms with Crippen LogP contribution in [0.2, 0.25) is 0 Å². The molecule has 1 fully saturated rings. The zero-order valence-electron chi connectivity index (χ0n) is 14.6. The fourth-order valence-electron chi connectivity index (χ4n) is 3.10. The average Bonchev–Trinajstić information content (AvgIpc) is 3.30. The van der Waals surface area contributed by atoms with Gasteiger partial charge < -0.3 is 14.1 Å². The molecule has 1 aromatic carbocycles. The number of fused-ring (bicyclic) bond motifs is 1. The number of piperidine rings is 1. The first kappa shape index (κ1) is 16.8. The number of rotatable bonds is 4. The first-order chi connectivity index (χ1) is 12.7. The molecule has 26 heavy (non-hydrogen) atoms. The van der Waals surface area contributed by atoms with E-state index in [4.69, 9.17) is 9.15 Å². The highest BCUT2D eigenvalue weighted by atomic mass is 32.1. The summed E-state index contributed by atoms with van der Waals surface area (Å²) < 4.78 is 12.4. The van der Waals surface area contributed by atoms with Gasteiger partial charge in [0.25, 0.3) is 5.19 Å². The van der Waals surface area contributed by atoms with E-state index in [1.54, 1.807) is 35.8 Å². The summed E-state index contributed by atoms with van der Waals surface area (Å²) in [5.41, 5.74) is 2.18. The van der Waals surface area contributed by atoms with Crippen molar-refractivity contribution in [2.24, 2.45) is 0 Å². The number of benzene rings is 1. The van der Waals surface area contributed by atoms with Crippen LogP contribution in [0.25, 0.3) is 16.3 Å². The van der Waals surface area contributed by atoms with Gasteiger partial charge in [0.15, 0.2) is 0 Å². The number of thiazole rings is 1. The van der Waals surface area contributed by atoms with Crippen molar-refractivity contribution in [2.75, 3.05) is 13.1 Å². The summed E-state index contributed by atoms with van der Waals surface area (Å²) in [5, 5.41) is 0.719. The van der Waals surface area contributed by atoms with Crippen LogP contribution >= 0.6 is 11.3 Å². The predicted molar refractivity (Wildman–Crippen MR) is 102 cm³/mol. The fraction of sp³-hybridized carbons (Fsp3) is 0.300. The number of nitrogens with zero attached hydrogens (tertiary/aromatic N) is 2. The second-order valence-electron chi connectivity index (χ2n) is 6.39. The summed E-state index contributed by atoms with van der Waals surface area (Å²) in [6, 6.07) is 9.80. The second-order valence-corrected chi connectivity index (χ2v) is 7.39. The summed E-state index contributed by atoms with van der Waals surface area (Å²) in [7, 11) is 0. The molecule has 0 saturated carbocycles. The third kappa shape index (κ3) is 3.65. The number of carbonyl (C=O) groups is 1. The van der Waals surface area contributed by atoms with E-state index in [1.165, 1.54) is 0 Å². The summed E-state index contributed by atoms with van der Waals surface area (Å²) in [4.78, 5) is 18.7. The lowest BCUT2D eigenvalue weighted by atomic mass is 10.1. The van der Waals surface area contributed by atoms with Gasteiger partial charge in [-0.1, -0.05) is 23.5 Å². The van der Waals surface area contributed by atoms with Crippen LogP contribution in [0, 0.1) is 6.92 Å². The molecule has 3 aromatic rings. The number of carbonyl (C=O) groups excluding carboxylic acids is 1. The highest BCUT2D eigenvalue weighted by Gasteiger charge is 2.23. The first-order valence-corrected chi connectivity index (χ1v) is 9.54. The van der Waals surface area contributed by atoms with Crippen LogP contribution in [0.1, 0.15) is 24.2 Å². The van der Waals surface area contributed by atoms with Crippen molar-refractivity contribution in [3.05, 3.63) is 54.0 Å². The lowest BCUT2D eigenvalue weighted by Gasteiger charge is -2.30. The molecule has 0 radical (unpaired) electrons. The van der Waals surface area contributed by atoms with Crippen LogP contribution < -0.4 is 4.74 Å². The van der Waals surface area contributed by atoms with Crippen molar-refractivity contribution < 1.29 is 13.9 Å². The Morgan fingerprint density at radius 3 is 2.88 bits per heavy atom. The predicted octanol–water partition coefficient (Wildman–Crippen LogP) is 4.28. The van der Waals surface area contributed by atoms with E-state index in [-0.39, 0.29) is 12.0 Å². The fourth-order valence-corrected chi connectivity index (χ4v) is 4.06. The molecule has 4 rings (SSSR count). The molecule has 0 atom stereocenters. The topological polar surface area (TPSA) is 55.6 Å². The molecule has 0 bridgehead atoms. The summed E-state index contributed by atoms with van der Waals surface area (Å²) in [5.74, 6) is 0.693. The third-order valence-corrected chi connectivity index (χ3v) is 5.47. The van der Waals surface area contributed by atoms with Crippen LogP contribution in [-0.4, -0.2) is 35.0 Å². The van der Waals surface area contributed by atoms with E-state index in [9.17, 15) is 4.79 Å². The molecule has 0 spiro atoms. The number of furan rings is 1. The zero-order chi connectivity index (χ0) is 17.9. The van der Waals surface area contributed by atoms with Crippen molar-refractivity contribution >= 4 is 33.5 Å². The Kier molecular flexibility index (Phi) is 4.75. The molecule has 1 amide bonds. The maximum absolute atomic E-state index is 12.3. The van der Waals surface area contributed by atoms with Crippen molar-refractivity contribution in [1.82, 2.24) is 9.88 Å². The zero-order valence-corrected chi connectivity index (χ0v) is 15.4. The molecule has 1 aliphatic rings. The van der Waals surface area contributed by atoms with Gasteiger partial charge >= 0.3 is 0 Å². The minimum Gasteiger partial charge on any atom is -0.467 e. The highest BCUT2D eigenvalue weighted by molar-refractivity contribution is 7.20. The molecule has 3 heterocycles. The van der Waals surface area contributed by atoms with Gasteiger partial charge in [0, 0.05) is 32.0 Å². The van der Waals surface area contributed by atoms with Crippen LogP contribution in [0.3, 0.4) is 0 Å². The average molecular weight is 368 g/mol. The number of ether oxygens (including phenoxy) is 1. The second kappa shape index (κ2) is 7.33. The normalized spacial score (nSPS) is 15.8. The standard InChI is InChI=1S/C20H20N2O3S/c1-14-4-2-6-17-19(14)21-20(26-17)25-16-9-11-22(12-10-16)18(23)8-7-15-5-3-13-24-15/h2-8,13,16H,9-12H2,1H3/b8-7+. The van der Waals surface area contributed by atoms with Crippen LogP contribution in [0.15, 0.2) is 47.1 Å². The number of aryl methyl sites for hydroxylation is 1. The Hall–Kier alpha value is -2.60. The largest absolute Gasteiger partial charge is 0.467 e. The van der Waals surface area contributed by atoms with Crippen LogP contribution in [-0.2, 0) is 4.79 Å². The molecule has 5 nitrogen and oxygen atoms in total. The van der Waals surface area contributed by atoms with Crippen LogP contribution in [0.5, 0.6) is 5.19 Å². The van der Waals surface area contributed by atoms with E-state index < -0.39 is 0 Å². The molecule has 1 aliphatic heterocycles. The SMILES string of the molecule is Cc1cccc2sc(OC3CCN(C(=O)/C=C/c4ccco4)CC3)nc12. The van der Waals surface area contributed by atoms with E-state index in [2.05, 4.69) is 24.0 Å². The quantitative estimate of drug-likeness (QED) is 0.645. The molecule has 0 aliphatic carbocycles. The van der Waals surface area contributed by atoms with Crippen molar-refractivity contribution in [1.29, 1.82) is 0 Å². The van der Waals surface area contributed by atoms with E-state index >= 15 is 0 Å². The smallest absolute Gasteiger partial charge is 0.274 e. The van der Waals surface area contributed by atoms with Gasteiger partial charge in [-0.15, -0.1) is 0 Å². The number of amides is 1. The summed E-state index contributed by atoms with van der Waals surface area (Å²) >= 11 is 1.58. The van der Waals surface area contributed by atoms with Gasteiger partial charge in [-0.2, -0.15) is 0 Å². The van der Waals surface area contributed by atoms with Crippen molar-refractivity contribution in [2.45, 2.75) is 25.9 Å². The molecule has 134 valence electrons. The Balaban J connectivity index is 1.33. The van der Waals surface area contributed by atoms with Gasteiger partial charge in [-0.05, 0) is 36.8 Å². The minimum absolute atomic E-state index is 0.00969. The van der Waals surface area contributed by atoms with E-state index in [0.29, 0.717) is 18.8 Å². The maximum atomic E-state index is 12.3. The Labute approximate surface area is 155 Å². The molecule has 1 saturated heterocycles. The van der Waals surface area contributed by atoms with Crippen LogP contribution in [0.4, 0.5) is 0 Å². The molecule has 6 heteroatoms. The molecular formula is C20H20N2O3S. The van der Waals surface area contributed by atoms with Gasteiger partial charge in [0.05, 0.1) is 16.5 Å².